The van der Waals surface area contributed by atoms with Crippen molar-refractivity contribution in [2.24, 2.45) is 5.92 Å². The van der Waals surface area contributed by atoms with Gasteiger partial charge in [0.25, 0.3) is 0 Å². The first-order valence-corrected chi connectivity index (χ1v) is 20.6. The third kappa shape index (κ3) is 9.87. The number of nitrogens with one attached hydrogen (secondary N) is 4. The Morgan fingerprint density at radius 2 is 1.64 bits per heavy atom. The van der Waals surface area contributed by atoms with Gasteiger partial charge in [0.05, 0.1) is 6.10 Å². The molecule has 2 aromatic carbocycles. The fourth-order valence-electron chi connectivity index (χ4n) is 8.79. The number of anilines is 2. The predicted molar refractivity (Wildman–Crippen MR) is 217 cm³/mol. The number of rotatable bonds is 7. The molecule has 5 N–H and O–H groups in total. The van der Waals surface area contributed by atoms with Crippen molar-refractivity contribution in [3.05, 3.63) is 59.2 Å². The van der Waals surface area contributed by atoms with Crippen LogP contribution < -0.4 is 26.2 Å². The summed E-state index contributed by atoms with van der Waals surface area (Å²) in [7, 11) is 3.25. The minimum atomic E-state index is -1.69. The molecule has 3 saturated heterocycles. The first-order chi connectivity index (χ1) is 28.8. The van der Waals surface area contributed by atoms with Crippen LogP contribution in [0.5, 0.6) is 0 Å². The second-order valence-electron chi connectivity index (χ2n) is 16.7. The van der Waals surface area contributed by atoms with Crippen molar-refractivity contribution >= 4 is 52.9 Å². The minimum absolute atomic E-state index is 0.00148. The van der Waals surface area contributed by atoms with Crippen LogP contribution in [-0.4, -0.2) is 144 Å². The fraction of sp³-hybridized carbons (Fsp3) is 0.548. The molecule has 61 heavy (non-hydrogen) atoms. The van der Waals surface area contributed by atoms with E-state index in [2.05, 4.69) is 26.2 Å². The third-order valence-electron chi connectivity index (χ3n) is 11.9. The molecular formula is C42H54F2N8O9. The standard InChI is InChI=1S/C42H54F2N8O9/c1-21-14-33-41(59)61-24(4)34(40(58)51-12-7-8-32(51)39(57)50(6)35(23(3)53)37(55)45-22(2)38(56)52(33)20-21)48-36(54)30(17-25-15-27(43)19-28(44)16-25)47-42(60)46-29-9-10-31-26(18-29)11-13-49(31)5/h9-10,15-16,18-19,21-24,30,32-35,53H,7-8,11-14,17,20H2,1-6H3,(H,45,55)(H,48,54)(H2,46,47,60)/t21-,22+,23+,24+,30+,32+,33+,34+,35+/m1/s1. The van der Waals surface area contributed by atoms with Gasteiger partial charge in [-0.2, -0.15) is 0 Å². The first kappa shape index (κ1) is 44.7. The zero-order chi connectivity index (χ0) is 44.4. The Morgan fingerprint density at radius 1 is 0.934 bits per heavy atom. The highest BCUT2D eigenvalue weighted by molar-refractivity contribution is 5.99. The maximum Gasteiger partial charge on any atom is 0.329 e. The maximum absolute atomic E-state index is 14.7. The number of aliphatic hydroxyl groups is 1. The SMILES string of the molecule is C[C@@H]1C[C@H]2C(=O)O[C@@H](C)[C@H](NC(=O)[C@H](Cc3cc(F)cc(F)c3)NC(=O)Nc3ccc4c(c3)CCN4C)C(=O)N3CCC[C@H]3C(=O)N(C)[C@@H]([C@H](C)O)C(=O)N[C@@H](C)C(=O)N2C1. The van der Waals surface area contributed by atoms with Gasteiger partial charge >= 0.3 is 12.0 Å². The van der Waals surface area contributed by atoms with E-state index in [1.54, 1.807) is 12.1 Å². The van der Waals surface area contributed by atoms with E-state index in [9.17, 15) is 47.4 Å². The number of urea groups is 1. The molecule has 0 aliphatic carbocycles. The van der Waals surface area contributed by atoms with Crippen LogP contribution in [-0.2, 0) is 46.3 Å². The highest BCUT2D eigenvalue weighted by atomic mass is 19.1. The zero-order valence-corrected chi connectivity index (χ0v) is 35.1. The van der Waals surface area contributed by atoms with E-state index < -0.39 is 108 Å². The molecule has 4 heterocycles. The number of esters is 1. The topological polar surface area (TPSA) is 210 Å². The number of carbonyl (C=O) groups excluding carboxylic acids is 7. The number of benzene rings is 2. The highest BCUT2D eigenvalue weighted by Gasteiger charge is 2.47. The van der Waals surface area contributed by atoms with E-state index in [1.165, 1.54) is 37.6 Å². The number of likely N-dealkylation sites (N-methyl/N-ethyl adjacent to an activating group) is 2. The van der Waals surface area contributed by atoms with Gasteiger partial charge in [0, 0.05) is 57.6 Å². The maximum atomic E-state index is 14.7. The molecule has 2 aromatic rings. The summed E-state index contributed by atoms with van der Waals surface area (Å²) >= 11 is 0. The number of amides is 7. The van der Waals surface area contributed by atoms with Gasteiger partial charge in [-0.15, -0.1) is 0 Å². The molecule has 19 heteroatoms. The molecule has 3 fully saturated rings. The van der Waals surface area contributed by atoms with Crippen molar-refractivity contribution in [3.8, 4) is 0 Å². The van der Waals surface area contributed by atoms with E-state index in [1.807, 2.05) is 20.0 Å². The van der Waals surface area contributed by atoms with Crippen molar-refractivity contribution in [3.63, 3.8) is 0 Å². The number of halogens is 2. The van der Waals surface area contributed by atoms with Crippen molar-refractivity contribution in [1.82, 2.24) is 30.7 Å². The van der Waals surface area contributed by atoms with Crippen LogP contribution in [0.4, 0.5) is 25.0 Å². The van der Waals surface area contributed by atoms with Crippen LogP contribution in [0.25, 0.3) is 0 Å². The summed E-state index contributed by atoms with van der Waals surface area (Å²) in [6.07, 6.45) is -1.84. The monoisotopic (exact) mass is 852 g/mol. The molecule has 0 radical (unpaired) electrons. The molecular weight excluding hydrogens is 799 g/mol. The molecule has 0 bridgehead atoms. The Morgan fingerprint density at radius 3 is 2.33 bits per heavy atom. The molecule has 0 unspecified atom stereocenters. The predicted octanol–water partition coefficient (Wildman–Crippen LogP) is 1.06. The summed E-state index contributed by atoms with van der Waals surface area (Å²) in [6.45, 7) is 6.89. The van der Waals surface area contributed by atoms with Crippen LogP contribution >= 0.6 is 0 Å². The van der Waals surface area contributed by atoms with Crippen molar-refractivity contribution in [2.45, 2.75) is 108 Å². The quantitative estimate of drug-likeness (QED) is 0.250. The van der Waals surface area contributed by atoms with Gasteiger partial charge in [-0.3, -0.25) is 24.0 Å². The molecule has 0 saturated carbocycles. The Hall–Kier alpha value is -5.85. The number of aliphatic hydroxyl groups excluding tert-OH is 1. The van der Waals surface area contributed by atoms with Crippen LogP contribution in [0.1, 0.15) is 58.1 Å². The first-order valence-electron chi connectivity index (χ1n) is 20.6. The van der Waals surface area contributed by atoms with Crippen LogP contribution in [0, 0.1) is 17.6 Å². The molecule has 4 aliphatic heterocycles. The Balaban J connectivity index is 1.33. The summed E-state index contributed by atoms with van der Waals surface area (Å²) in [5.41, 5.74) is 2.42. The molecule has 0 aromatic heterocycles. The average molecular weight is 853 g/mol. The number of hydrogen-bond acceptors (Lipinski definition) is 10. The van der Waals surface area contributed by atoms with Gasteiger partial charge < -0.3 is 50.7 Å². The lowest BCUT2D eigenvalue weighted by Gasteiger charge is -2.37. The number of fused-ring (bicyclic) bond motifs is 3. The van der Waals surface area contributed by atoms with Gasteiger partial charge in [-0.1, -0.05) is 6.92 Å². The number of carbonyl (C=O) groups is 7. The third-order valence-corrected chi connectivity index (χ3v) is 11.9. The van der Waals surface area contributed by atoms with Crippen molar-refractivity contribution in [1.29, 1.82) is 0 Å². The minimum Gasteiger partial charge on any atom is -0.458 e. The van der Waals surface area contributed by atoms with Gasteiger partial charge in [0.2, 0.25) is 29.5 Å². The van der Waals surface area contributed by atoms with Gasteiger partial charge in [-0.05, 0) is 93.8 Å². The molecule has 9 atom stereocenters. The second kappa shape index (κ2) is 18.4. The van der Waals surface area contributed by atoms with Crippen LogP contribution in [0.3, 0.4) is 0 Å². The summed E-state index contributed by atoms with van der Waals surface area (Å²) in [5, 5.41) is 21.2. The Labute approximate surface area is 352 Å². The Kier molecular flexibility index (Phi) is 13.5. The summed E-state index contributed by atoms with van der Waals surface area (Å²) < 4.78 is 34.7. The van der Waals surface area contributed by atoms with Crippen LogP contribution in [0.2, 0.25) is 0 Å². The lowest BCUT2D eigenvalue weighted by atomic mass is 10.0. The Bertz CT molecular complexity index is 2050. The number of ether oxygens (including phenoxy) is 1. The normalized spacial score (nSPS) is 27.2. The molecule has 6 rings (SSSR count). The number of hydrogen-bond donors (Lipinski definition) is 5. The molecule has 17 nitrogen and oxygen atoms in total. The number of nitrogens with zero attached hydrogens (tertiary/aromatic N) is 4. The molecule has 0 spiro atoms. The molecule has 7 amide bonds. The van der Waals surface area contributed by atoms with E-state index in [4.69, 9.17) is 4.74 Å². The summed E-state index contributed by atoms with van der Waals surface area (Å²) in [6, 6.07) is -1.05. The summed E-state index contributed by atoms with van der Waals surface area (Å²) in [5.74, 6) is -6.89. The molecule has 4 aliphatic rings. The van der Waals surface area contributed by atoms with Crippen LogP contribution in [0.15, 0.2) is 36.4 Å². The van der Waals surface area contributed by atoms with Gasteiger partial charge in [0.15, 0.2) is 0 Å². The number of cyclic esters (lactones) is 1. The van der Waals surface area contributed by atoms with E-state index in [-0.39, 0.29) is 37.4 Å². The van der Waals surface area contributed by atoms with Gasteiger partial charge in [0.1, 0.15) is 54.0 Å². The van der Waals surface area contributed by atoms with E-state index in [0.29, 0.717) is 18.2 Å². The van der Waals surface area contributed by atoms with Gasteiger partial charge in [-0.25, -0.2) is 18.4 Å². The lowest BCUT2D eigenvalue weighted by molar-refractivity contribution is -0.163. The summed E-state index contributed by atoms with van der Waals surface area (Å²) in [4.78, 5) is 104. The highest BCUT2D eigenvalue weighted by Crippen LogP contribution is 2.30. The van der Waals surface area contributed by atoms with Crippen molar-refractivity contribution in [2.75, 3.05) is 43.9 Å². The second-order valence-corrected chi connectivity index (χ2v) is 16.7. The largest absolute Gasteiger partial charge is 0.458 e. The average Bonchev–Trinajstić information content (AvgIpc) is 3.93. The zero-order valence-electron chi connectivity index (χ0n) is 35.1. The smallest absolute Gasteiger partial charge is 0.329 e. The fourth-order valence-corrected chi connectivity index (χ4v) is 8.79. The van der Waals surface area contributed by atoms with E-state index >= 15 is 0 Å². The lowest BCUT2D eigenvalue weighted by Crippen LogP contribution is -2.63. The van der Waals surface area contributed by atoms with Crippen molar-refractivity contribution < 1.29 is 52.2 Å². The molecule has 330 valence electrons. The van der Waals surface area contributed by atoms with E-state index in [0.717, 1.165) is 41.2 Å².